The molecule has 1 heterocycles. The summed E-state index contributed by atoms with van der Waals surface area (Å²) >= 11 is 5.79. The topological polar surface area (TPSA) is 21.6 Å². The Kier molecular flexibility index (Phi) is 5.29. The second kappa shape index (κ2) is 7.74. The van der Waals surface area contributed by atoms with Crippen molar-refractivity contribution < 1.29 is 4.74 Å². The molecule has 29 heavy (non-hydrogen) atoms. The molecule has 0 fully saturated rings. The quantitative estimate of drug-likeness (QED) is 0.446. The lowest BCUT2D eigenvalue weighted by Gasteiger charge is -2.29. The van der Waals surface area contributed by atoms with E-state index in [1.54, 1.807) is 0 Å². The molecule has 0 atom stereocenters. The molecule has 4 rings (SSSR count). The Bertz CT molecular complexity index is 1010. The van der Waals surface area contributed by atoms with Gasteiger partial charge in [-0.1, -0.05) is 112 Å². The normalized spacial score (nSPS) is 14.5. The van der Waals surface area contributed by atoms with Gasteiger partial charge in [-0.3, -0.25) is 0 Å². The van der Waals surface area contributed by atoms with Crippen molar-refractivity contribution in [2.45, 2.75) is 20.8 Å². The van der Waals surface area contributed by atoms with E-state index in [1.165, 1.54) is 15.9 Å². The van der Waals surface area contributed by atoms with E-state index in [1.807, 2.05) is 18.2 Å². The van der Waals surface area contributed by atoms with E-state index in [9.17, 15) is 0 Å². The van der Waals surface area contributed by atoms with E-state index < -0.39 is 6.89 Å². The zero-order valence-electron chi connectivity index (χ0n) is 16.9. The van der Waals surface area contributed by atoms with Gasteiger partial charge in [-0.2, -0.15) is 0 Å². The van der Waals surface area contributed by atoms with Crippen LogP contribution in [-0.2, 0) is 4.74 Å². The largest absolute Gasteiger partial charge is 0.429 e. The second-order valence-corrected chi connectivity index (χ2v) is 11.7. The van der Waals surface area contributed by atoms with Crippen molar-refractivity contribution in [1.82, 2.24) is 0 Å². The molecular weight excluding hydrogens is 393 g/mol. The lowest BCUT2D eigenvalue weighted by atomic mass is 9.97. The molecule has 0 N–H and O–H groups in total. The summed E-state index contributed by atoms with van der Waals surface area (Å²) in [5, 5.41) is 4.14. The van der Waals surface area contributed by atoms with Crippen LogP contribution in [0.4, 0.5) is 0 Å². The van der Waals surface area contributed by atoms with Gasteiger partial charge in [0, 0.05) is 12.3 Å². The van der Waals surface area contributed by atoms with Crippen LogP contribution in [-0.4, -0.2) is 16.4 Å². The summed E-state index contributed by atoms with van der Waals surface area (Å²) in [6.07, 6.45) is 0. The van der Waals surface area contributed by atoms with Crippen LogP contribution in [0.3, 0.4) is 0 Å². The van der Waals surface area contributed by atoms with Gasteiger partial charge in [0.1, 0.15) is 5.42 Å². The molecule has 0 aliphatic carbocycles. The first-order chi connectivity index (χ1) is 13.9. The zero-order chi connectivity index (χ0) is 20.5. The van der Waals surface area contributed by atoms with Crippen LogP contribution in [0.2, 0.25) is 0 Å². The van der Waals surface area contributed by atoms with Crippen LogP contribution in [0.15, 0.2) is 96.0 Å². The molecular formula is C25H24NOPS. The molecule has 0 unspecified atom stereocenters. The Labute approximate surface area is 178 Å². The summed E-state index contributed by atoms with van der Waals surface area (Å²) in [4.78, 5) is 5.06. The average Bonchev–Trinajstić information content (AvgIpc) is 3.14. The van der Waals surface area contributed by atoms with Crippen LogP contribution >= 0.6 is 19.1 Å². The summed E-state index contributed by atoms with van der Waals surface area (Å²) in [6.45, 7) is 4.01. The van der Waals surface area contributed by atoms with Crippen molar-refractivity contribution in [2.75, 3.05) is 0 Å². The first-order valence-electron chi connectivity index (χ1n) is 9.69. The number of aliphatic imine (C=N–C) groups is 1. The summed E-state index contributed by atoms with van der Waals surface area (Å²) in [7, 11) is 0. The van der Waals surface area contributed by atoms with E-state index in [0.717, 1.165) is 5.42 Å². The highest BCUT2D eigenvalue weighted by Gasteiger charge is 2.38. The molecule has 0 aromatic heterocycles. The van der Waals surface area contributed by atoms with E-state index in [4.69, 9.17) is 21.9 Å². The van der Waals surface area contributed by atoms with Crippen LogP contribution in [0.5, 0.6) is 0 Å². The van der Waals surface area contributed by atoms with Crippen LogP contribution in [0.1, 0.15) is 20.8 Å². The Morgan fingerprint density at radius 2 is 1.07 bits per heavy atom. The molecule has 1 aliphatic heterocycles. The van der Waals surface area contributed by atoms with Crippen molar-refractivity contribution in [3.05, 3.63) is 91.0 Å². The number of hydrogen-bond donors (Lipinski definition) is 0. The fraction of sp³-hybridized carbons (Fsp3) is 0.160. The van der Waals surface area contributed by atoms with E-state index in [-0.39, 0.29) is 5.41 Å². The molecule has 3 aromatic carbocycles. The Morgan fingerprint density at radius 1 is 0.690 bits per heavy atom. The van der Waals surface area contributed by atoms with Gasteiger partial charge in [-0.15, -0.1) is 0 Å². The van der Waals surface area contributed by atoms with Crippen LogP contribution in [0, 0.1) is 5.41 Å². The first kappa shape index (κ1) is 19.8. The van der Waals surface area contributed by atoms with Gasteiger partial charge in [0.25, 0.3) is 0 Å². The van der Waals surface area contributed by atoms with Gasteiger partial charge in [0.05, 0.1) is 0 Å². The molecule has 0 bridgehead atoms. The maximum Gasteiger partial charge on any atom is 0.219 e. The Morgan fingerprint density at radius 3 is 1.38 bits per heavy atom. The number of nitrogens with zero attached hydrogens (tertiary/aromatic N) is 1. The van der Waals surface area contributed by atoms with Crippen molar-refractivity contribution in [1.29, 1.82) is 0 Å². The number of ether oxygens (including phenoxy) is 1. The second-order valence-electron chi connectivity index (χ2n) is 8.06. The predicted molar refractivity (Wildman–Crippen MR) is 131 cm³/mol. The van der Waals surface area contributed by atoms with Gasteiger partial charge in [-0.05, 0) is 28.1 Å². The molecule has 0 saturated carbocycles. The Hall–Kier alpha value is -2.48. The highest BCUT2D eigenvalue weighted by atomic mass is 32.1. The van der Waals surface area contributed by atoms with E-state index in [0.29, 0.717) is 10.9 Å². The Balaban J connectivity index is 2.22. The lowest BCUT2D eigenvalue weighted by molar-refractivity contribution is 0.447. The van der Waals surface area contributed by atoms with Gasteiger partial charge >= 0.3 is 0 Å². The van der Waals surface area contributed by atoms with Gasteiger partial charge in [0.2, 0.25) is 10.9 Å². The molecule has 0 saturated heterocycles. The highest BCUT2D eigenvalue weighted by Crippen LogP contribution is 2.48. The maximum absolute atomic E-state index is 6.08. The lowest BCUT2D eigenvalue weighted by Crippen LogP contribution is -2.31. The maximum atomic E-state index is 6.08. The van der Waals surface area contributed by atoms with Crippen LogP contribution in [0.25, 0.3) is 0 Å². The van der Waals surface area contributed by atoms with Gasteiger partial charge in [-0.25, -0.2) is 4.99 Å². The monoisotopic (exact) mass is 417 g/mol. The zero-order valence-corrected chi connectivity index (χ0v) is 18.6. The van der Waals surface area contributed by atoms with E-state index >= 15 is 0 Å². The third kappa shape index (κ3) is 3.50. The molecule has 0 radical (unpaired) electrons. The van der Waals surface area contributed by atoms with Crippen LogP contribution < -0.4 is 15.9 Å². The first-order valence-corrected chi connectivity index (χ1v) is 11.9. The van der Waals surface area contributed by atoms with Crippen molar-refractivity contribution in [2.24, 2.45) is 10.4 Å². The molecule has 146 valence electrons. The minimum atomic E-state index is -2.30. The molecule has 3 aromatic rings. The molecule has 1 aliphatic rings. The molecule has 0 amide bonds. The molecule has 4 heteroatoms. The summed E-state index contributed by atoms with van der Waals surface area (Å²) in [5.74, 6) is 0.685. The molecule has 0 spiro atoms. The number of benzene rings is 3. The molecule has 2 nitrogen and oxygen atoms in total. The number of rotatable bonds is 3. The predicted octanol–water partition coefficient (Wildman–Crippen LogP) is 4.91. The van der Waals surface area contributed by atoms with Crippen molar-refractivity contribution in [3.63, 3.8) is 0 Å². The summed E-state index contributed by atoms with van der Waals surface area (Å²) in [5.41, 5.74) is 0.659. The highest BCUT2D eigenvalue weighted by molar-refractivity contribution is 7.98. The van der Waals surface area contributed by atoms with Gasteiger partial charge in [0.15, 0.2) is 0 Å². The summed E-state index contributed by atoms with van der Waals surface area (Å²) < 4.78 is 6.08. The van der Waals surface area contributed by atoms with Crippen molar-refractivity contribution in [3.8, 4) is 0 Å². The third-order valence-electron chi connectivity index (χ3n) is 4.97. The summed E-state index contributed by atoms with van der Waals surface area (Å²) in [6, 6.07) is 31.8. The van der Waals surface area contributed by atoms with E-state index in [2.05, 4.69) is 93.6 Å². The third-order valence-corrected chi connectivity index (χ3v) is 9.55. The number of hydrogen-bond acceptors (Lipinski definition) is 2. The SMILES string of the molecule is CC(C)(C)C1=NC(=P(c2ccccc2)(c2ccccc2)c2ccccc2)C(=S)O1. The fourth-order valence-electron chi connectivity index (χ4n) is 3.60. The minimum Gasteiger partial charge on any atom is -0.429 e. The van der Waals surface area contributed by atoms with Crippen molar-refractivity contribution >= 4 is 51.4 Å². The number of thiocarbonyl (C=S) groups is 1. The fourth-order valence-corrected chi connectivity index (χ4v) is 8.18. The van der Waals surface area contributed by atoms with Gasteiger partial charge < -0.3 is 4.74 Å². The average molecular weight is 418 g/mol. The standard InChI is InChI=1S/C25H24NOPS/c1-25(2,3)24-26-22(23(29)27-24)28(19-13-7-4-8-14-19,20-15-9-5-10-16-20)21-17-11-6-12-18-21/h4-18H,1-3H3. The minimum absolute atomic E-state index is 0.217. The smallest absolute Gasteiger partial charge is 0.219 e.